The standard InChI is InChI=1S/C7H5NO.C5H5N.C2H6/c1-2-4-7-6(3-1)5-8-9-7;1-2-4-6-5-3-1;1-2/h1-5H;1-5H;1-2H3. The molecule has 3 nitrogen and oxygen atoms in total. The first-order chi connectivity index (χ1) is 8.47. The van der Waals surface area contributed by atoms with Crippen LogP contribution in [0, 0.1) is 0 Å². The molecule has 0 aliphatic carbocycles. The van der Waals surface area contributed by atoms with Gasteiger partial charge in [0.2, 0.25) is 0 Å². The van der Waals surface area contributed by atoms with Gasteiger partial charge in [0.05, 0.1) is 6.20 Å². The molecule has 0 aliphatic heterocycles. The van der Waals surface area contributed by atoms with E-state index in [-0.39, 0.29) is 0 Å². The van der Waals surface area contributed by atoms with E-state index < -0.39 is 0 Å². The molecule has 3 heteroatoms. The van der Waals surface area contributed by atoms with Crippen molar-refractivity contribution in [2.75, 3.05) is 0 Å². The molecule has 0 radical (unpaired) electrons. The molecule has 0 fully saturated rings. The number of aromatic nitrogens is 2. The average Bonchev–Trinajstić information content (AvgIpc) is 2.92. The number of nitrogens with zero attached hydrogens (tertiary/aromatic N) is 2. The topological polar surface area (TPSA) is 38.9 Å². The molecule has 0 bridgehead atoms. The van der Waals surface area contributed by atoms with E-state index in [1.807, 2.05) is 56.3 Å². The van der Waals surface area contributed by atoms with Crippen molar-refractivity contribution in [3.05, 3.63) is 61.1 Å². The monoisotopic (exact) mass is 228 g/mol. The molecule has 2 aromatic heterocycles. The summed E-state index contributed by atoms with van der Waals surface area (Å²) in [5, 5.41) is 4.68. The molecule has 3 rings (SSSR count). The highest BCUT2D eigenvalue weighted by Gasteiger charge is 1.91. The molecular formula is C14H16N2O. The number of benzene rings is 1. The Labute approximate surface area is 101 Å². The molecule has 2 heterocycles. The molecule has 1 aromatic carbocycles. The Morgan fingerprint density at radius 2 is 1.59 bits per heavy atom. The molecule has 0 saturated heterocycles. The SMILES string of the molecule is CC.c1ccc2oncc2c1.c1ccncc1. The van der Waals surface area contributed by atoms with E-state index in [0.29, 0.717) is 0 Å². The summed E-state index contributed by atoms with van der Waals surface area (Å²) in [6, 6.07) is 13.5. The summed E-state index contributed by atoms with van der Waals surface area (Å²) in [5.74, 6) is 0. The lowest BCUT2D eigenvalue weighted by Gasteiger charge is -1.78. The highest BCUT2D eigenvalue weighted by atomic mass is 16.5. The fraction of sp³-hybridized carbons (Fsp3) is 0.143. The van der Waals surface area contributed by atoms with Crippen molar-refractivity contribution in [2.45, 2.75) is 13.8 Å². The molecule has 0 amide bonds. The quantitative estimate of drug-likeness (QED) is 0.585. The van der Waals surface area contributed by atoms with Crippen LogP contribution in [0.4, 0.5) is 0 Å². The van der Waals surface area contributed by atoms with Gasteiger partial charge in [0, 0.05) is 17.8 Å². The van der Waals surface area contributed by atoms with Crippen molar-refractivity contribution in [1.82, 2.24) is 10.1 Å². The van der Waals surface area contributed by atoms with Gasteiger partial charge in [0.15, 0.2) is 5.58 Å². The van der Waals surface area contributed by atoms with Crippen LogP contribution in [0.2, 0.25) is 0 Å². The minimum absolute atomic E-state index is 0.845. The zero-order valence-corrected chi connectivity index (χ0v) is 10.1. The summed E-state index contributed by atoms with van der Waals surface area (Å²) >= 11 is 0. The number of fused-ring (bicyclic) bond motifs is 1. The van der Waals surface area contributed by atoms with Gasteiger partial charge in [-0.3, -0.25) is 4.98 Å². The first-order valence-electron chi connectivity index (χ1n) is 5.61. The van der Waals surface area contributed by atoms with Gasteiger partial charge in [-0.15, -0.1) is 0 Å². The van der Waals surface area contributed by atoms with Crippen LogP contribution in [0.15, 0.2) is 65.6 Å². The van der Waals surface area contributed by atoms with E-state index in [4.69, 9.17) is 4.52 Å². The predicted octanol–water partition coefficient (Wildman–Crippen LogP) is 3.94. The molecule has 0 unspecified atom stereocenters. The maximum absolute atomic E-state index is 4.87. The van der Waals surface area contributed by atoms with E-state index in [9.17, 15) is 0 Å². The molecule has 0 saturated carbocycles. The van der Waals surface area contributed by atoms with Crippen LogP contribution >= 0.6 is 0 Å². The second-order valence-corrected chi connectivity index (χ2v) is 2.89. The van der Waals surface area contributed by atoms with Crippen molar-refractivity contribution < 1.29 is 4.52 Å². The van der Waals surface area contributed by atoms with Gasteiger partial charge < -0.3 is 4.52 Å². The Kier molecular flexibility index (Phi) is 6.11. The molecule has 17 heavy (non-hydrogen) atoms. The van der Waals surface area contributed by atoms with Crippen LogP contribution in [-0.2, 0) is 0 Å². The van der Waals surface area contributed by atoms with E-state index >= 15 is 0 Å². The van der Waals surface area contributed by atoms with Gasteiger partial charge in [0.1, 0.15) is 0 Å². The minimum atomic E-state index is 0.845. The van der Waals surface area contributed by atoms with Crippen molar-refractivity contribution >= 4 is 11.0 Å². The summed E-state index contributed by atoms with van der Waals surface area (Å²) in [6.07, 6.45) is 5.20. The lowest BCUT2D eigenvalue weighted by atomic mass is 10.3. The fourth-order valence-corrected chi connectivity index (χ4v) is 1.12. The van der Waals surface area contributed by atoms with Gasteiger partial charge in [0.25, 0.3) is 0 Å². The smallest absolute Gasteiger partial charge is 0.166 e. The number of hydrogen-bond acceptors (Lipinski definition) is 3. The zero-order chi connectivity index (χ0) is 12.3. The maximum atomic E-state index is 4.87. The van der Waals surface area contributed by atoms with E-state index in [0.717, 1.165) is 11.0 Å². The van der Waals surface area contributed by atoms with E-state index in [1.165, 1.54) is 0 Å². The molecule has 0 spiro atoms. The van der Waals surface area contributed by atoms with E-state index in [1.54, 1.807) is 18.6 Å². The normalized spacial score (nSPS) is 8.59. The summed E-state index contributed by atoms with van der Waals surface area (Å²) in [7, 11) is 0. The third kappa shape index (κ3) is 4.47. The van der Waals surface area contributed by atoms with Crippen LogP contribution in [0.5, 0.6) is 0 Å². The highest BCUT2D eigenvalue weighted by molar-refractivity contribution is 5.75. The van der Waals surface area contributed by atoms with Crippen LogP contribution in [0.25, 0.3) is 11.0 Å². The first-order valence-corrected chi connectivity index (χ1v) is 5.61. The number of pyridine rings is 1. The summed E-state index contributed by atoms with van der Waals surface area (Å²) in [6.45, 7) is 4.00. The maximum Gasteiger partial charge on any atom is 0.166 e. The third-order valence-corrected chi connectivity index (χ3v) is 1.83. The Hall–Kier alpha value is -2.16. The van der Waals surface area contributed by atoms with Crippen molar-refractivity contribution in [3.63, 3.8) is 0 Å². The third-order valence-electron chi connectivity index (χ3n) is 1.83. The predicted molar refractivity (Wildman–Crippen MR) is 69.6 cm³/mol. The fourth-order valence-electron chi connectivity index (χ4n) is 1.12. The van der Waals surface area contributed by atoms with Crippen LogP contribution in [0.3, 0.4) is 0 Å². The second-order valence-electron chi connectivity index (χ2n) is 2.89. The largest absolute Gasteiger partial charge is 0.356 e. The lowest BCUT2D eigenvalue weighted by molar-refractivity contribution is 0.456. The van der Waals surface area contributed by atoms with Gasteiger partial charge >= 0.3 is 0 Å². The summed E-state index contributed by atoms with van der Waals surface area (Å²) in [5.41, 5.74) is 0.845. The Morgan fingerprint density at radius 1 is 0.882 bits per heavy atom. The Bertz CT molecular complexity index is 449. The summed E-state index contributed by atoms with van der Waals surface area (Å²) in [4.78, 5) is 3.78. The minimum Gasteiger partial charge on any atom is -0.356 e. The van der Waals surface area contributed by atoms with E-state index in [2.05, 4.69) is 10.1 Å². The van der Waals surface area contributed by atoms with Gasteiger partial charge in [-0.2, -0.15) is 0 Å². The van der Waals surface area contributed by atoms with Gasteiger partial charge in [-0.05, 0) is 24.3 Å². The van der Waals surface area contributed by atoms with Crippen molar-refractivity contribution in [3.8, 4) is 0 Å². The van der Waals surface area contributed by atoms with Crippen molar-refractivity contribution in [2.24, 2.45) is 0 Å². The molecule has 0 N–H and O–H groups in total. The average molecular weight is 228 g/mol. The molecule has 88 valence electrons. The first kappa shape index (κ1) is 12.9. The number of hydrogen-bond donors (Lipinski definition) is 0. The highest BCUT2D eigenvalue weighted by Crippen LogP contribution is 2.10. The molecular weight excluding hydrogens is 212 g/mol. The molecule has 0 aliphatic rings. The van der Waals surface area contributed by atoms with Gasteiger partial charge in [-0.1, -0.05) is 37.2 Å². The van der Waals surface area contributed by atoms with Gasteiger partial charge in [-0.25, -0.2) is 0 Å². The zero-order valence-electron chi connectivity index (χ0n) is 10.1. The van der Waals surface area contributed by atoms with Crippen molar-refractivity contribution in [1.29, 1.82) is 0 Å². The van der Waals surface area contributed by atoms with Crippen LogP contribution in [-0.4, -0.2) is 10.1 Å². The Balaban J connectivity index is 0.000000158. The lowest BCUT2D eigenvalue weighted by Crippen LogP contribution is -1.58. The van der Waals surface area contributed by atoms with Crippen LogP contribution < -0.4 is 0 Å². The summed E-state index contributed by atoms with van der Waals surface area (Å²) < 4.78 is 4.87. The molecule has 3 aromatic rings. The second kappa shape index (κ2) is 8.05. The number of para-hydroxylation sites is 1. The van der Waals surface area contributed by atoms with Crippen LogP contribution in [0.1, 0.15) is 13.8 Å². The number of rotatable bonds is 0. The molecule has 0 atom stereocenters. The Morgan fingerprint density at radius 3 is 2.12 bits per heavy atom.